The lowest BCUT2D eigenvalue weighted by Crippen LogP contribution is -2.24. The van der Waals surface area contributed by atoms with Crippen molar-refractivity contribution in [1.82, 2.24) is 0 Å². The van der Waals surface area contributed by atoms with Crippen molar-refractivity contribution in [2.45, 2.75) is 25.2 Å². The van der Waals surface area contributed by atoms with Gasteiger partial charge in [0, 0.05) is 5.41 Å². The number of phosphoric acid groups is 1. The predicted molar refractivity (Wildman–Crippen MR) is 99.7 cm³/mol. The van der Waals surface area contributed by atoms with E-state index in [-0.39, 0.29) is 12.0 Å². The quantitative estimate of drug-likeness (QED) is 0.507. The Bertz CT molecular complexity index is 688. The van der Waals surface area contributed by atoms with Gasteiger partial charge in [-0.2, -0.15) is 0 Å². The molecule has 0 saturated carbocycles. The molecule has 0 saturated heterocycles. The van der Waals surface area contributed by atoms with Crippen molar-refractivity contribution in [3.05, 3.63) is 59.7 Å². The molecular weight excluding hydrogens is 355 g/mol. The van der Waals surface area contributed by atoms with Crippen LogP contribution in [0.1, 0.15) is 30.9 Å². The van der Waals surface area contributed by atoms with Crippen LogP contribution in [0.3, 0.4) is 0 Å². The molecule has 2 rings (SSSR count). The van der Waals surface area contributed by atoms with E-state index in [4.69, 9.17) is 19.3 Å². The van der Waals surface area contributed by atoms with Crippen LogP contribution in [0.4, 0.5) is 0 Å². The molecule has 2 aromatic carbocycles. The van der Waals surface area contributed by atoms with Crippen LogP contribution in [0.2, 0.25) is 0 Å². The summed E-state index contributed by atoms with van der Waals surface area (Å²) in [5, 5.41) is 0. The van der Waals surface area contributed by atoms with E-state index in [1.165, 1.54) is 0 Å². The molecule has 0 amide bonds. The van der Waals surface area contributed by atoms with Gasteiger partial charge < -0.3 is 19.3 Å². The van der Waals surface area contributed by atoms with Gasteiger partial charge in [-0.25, -0.2) is 4.57 Å². The van der Waals surface area contributed by atoms with Crippen LogP contribution >= 0.6 is 7.82 Å². The normalized spacial score (nSPS) is 12.0. The lowest BCUT2D eigenvalue weighted by molar-refractivity contribution is 0.190. The fraction of sp³-hybridized carbons (Fsp3) is 0.368. The maximum Gasteiger partial charge on any atom is 0.469 e. The average molecular weight is 380 g/mol. The molecule has 0 atom stereocenters. The van der Waals surface area contributed by atoms with Gasteiger partial charge in [-0.3, -0.25) is 4.52 Å². The second-order valence-electron chi connectivity index (χ2n) is 6.22. The van der Waals surface area contributed by atoms with Crippen molar-refractivity contribution in [1.29, 1.82) is 0 Å². The molecule has 2 aromatic rings. The van der Waals surface area contributed by atoms with Crippen LogP contribution in [0.15, 0.2) is 48.5 Å². The molecule has 0 radical (unpaired) electrons. The van der Waals surface area contributed by atoms with Crippen molar-refractivity contribution in [2.24, 2.45) is 0 Å². The second-order valence-corrected chi connectivity index (χ2v) is 7.46. The molecule has 0 unspecified atom stereocenters. The van der Waals surface area contributed by atoms with E-state index in [9.17, 15) is 4.57 Å². The first-order chi connectivity index (χ1) is 12.3. The SMILES string of the molecule is COc1ccc(C(C)(CCCOP(=O)(O)O)c2ccc(OC)cc2)cc1. The van der Waals surface area contributed by atoms with E-state index < -0.39 is 7.82 Å². The third kappa shape index (κ3) is 5.32. The van der Waals surface area contributed by atoms with Gasteiger partial charge in [0.1, 0.15) is 11.5 Å². The number of hydrogen-bond acceptors (Lipinski definition) is 4. The highest BCUT2D eigenvalue weighted by Gasteiger charge is 2.29. The number of methoxy groups -OCH3 is 2. The first-order valence-electron chi connectivity index (χ1n) is 8.27. The Morgan fingerprint density at radius 1 is 0.885 bits per heavy atom. The first-order valence-corrected chi connectivity index (χ1v) is 9.81. The topological polar surface area (TPSA) is 85.2 Å². The number of phosphoric ester groups is 1. The van der Waals surface area contributed by atoms with Crippen LogP contribution in [0.25, 0.3) is 0 Å². The summed E-state index contributed by atoms with van der Waals surface area (Å²) < 4.78 is 25.9. The predicted octanol–water partition coefficient (Wildman–Crippen LogP) is 3.90. The third-order valence-corrected chi connectivity index (χ3v) is 5.05. The summed E-state index contributed by atoms with van der Waals surface area (Å²) in [7, 11) is -1.20. The zero-order valence-corrected chi connectivity index (χ0v) is 16.1. The van der Waals surface area contributed by atoms with Crippen molar-refractivity contribution in [3.63, 3.8) is 0 Å². The molecule has 0 aromatic heterocycles. The molecule has 7 heteroatoms. The molecule has 142 valence electrons. The maximum atomic E-state index is 10.9. The summed E-state index contributed by atoms with van der Waals surface area (Å²) in [5.41, 5.74) is 1.82. The van der Waals surface area contributed by atoms with Gasteiger partial charge in [-0.1, -0.05) is 31.2 Å². The molecule has 6 nitrogen and oxygen atoms in total. The van der Waals surface area contributed by atoms with Crippen LogP contribution in [0, 0.1) is 0 Å². The zero-order chi connectivity index (χ0) is 19.2. The number of rotatable bonds is 9. The van der Waals surface area contributed by atoms with E-state index in [2.05, 4.69) is 11.4 Å². The largest absolute Gasteiger partial charge is 0.497 e. The highest BCUT2D eigenvalue weighted by Crippen LogP contribution is 2.40. The summed E-state index contributed by atoms with van der Waals surface area (Å²) in [6, 6.07) is 15.7. The minimum absolute atomic E-state index is 0.00776. The summed E-state index contributed by atoms with van der Waals surface area (Å²) in [6.07, 6.45) is 1.16. The minimum Gasteiger partial charge on any atom is -0.497 e. The second kappa shape index (κ2) is 8.69. The van der Waals surface area contributed by atoms with Crippen molar-refractivity contribution < 1.29 is 28.3 Å². The van der Waals surface area contributed by atoms with Crippen molar-refractivity contribution >= 4 is 7.82 Å². The van der Waals surface area contributed by atoms with Gasteiger partial charge in [-0.15, -0.1) is 0 Å². The number of benzene rings is 2. The molecule has 0 fully saturated rings. The fourth-order valence-electron chi connectivity index (χ4n) is 2.98. The highest BCUT2D eigenvalue weighted by atomic mass is 31.2. The van der Waals surface area contributed by atoms with Gasteiger partial charge >= 0.3 is 7.82 Å². The Morgan fingerprint density at radius 2 is 1.31 bits per heavy atom. The average Bonchev–Trinajstić information content (AvgIpc) is 2.64. The summed E-state index contributed by atoms with van der Waals surface area (Å²) in [5.74, 6) is 1.55. The molecule has 0 spiro atoms. The third-order valence-electron chi connectivity index (χ3n) is 4.53. The van der Waals surface area contributed by atoms with E-state index in [0.29, 0.717) is 12.8 Å². The molecule has 2 N–H and O–H groups in total. The monoisotopic (exact) mass is 380 g/mol. The zero-order valence-electron chi connectivity index (χ0n) is 15.2. The minimum atomic E-state index is -4.45. The van der Waals surface area contributed by atoms with E-state index in [1.54, 1.807) is 14.2 Å². The number of hydrogen-bond donors (Lipinski definition) is 2. The lowest BCUT2D eigenvalue weighted by Gasteiger charge is -2.31. The van der Waals surface area contributed by atoms with Gasteiger partial charge in [0.2, 0.25) is 0 Å². The maximum absolute atomic E-state index is 10.9. The van der Waals surface area contributed by atoms with Crippen molar-refractivity contribution in [2.75, 3.05) is 20.8 Å². The molecule has 0 bridgehead atoms. The van der Waals surface area contributed by atoms with Gasteiger partial charge in [0.05, 0.1) is 20.8 Å². The van der Waals surface area contributed by atoms with Gasteiger partial charge in [-0.05, 0) is 48.2 Å². The Kier molecular flexibility index (Phi) is 6.84. The molecule has 0 heterocycles. The summed E-state index contributed by atoms with van der Waals surface area (Å²) >= 11 is 0. The summed E-state index contributed by atoms with van der Waals surface area (Å²) in [6.45, 7) is 2.10. The lowest BCUT2D eigenvalue weighted by atomic mass is 9.73. The van der Waals surface area contributed by atoms with Crippen LogP contribution in [0.5, 0.6) is 11.5 Å². The molecule has 0 aliphatic rings. The van der Waals surface area contributed by atoms with Crippen LogP contribution in [-0.4, -0.2) is 30.6 Å². The fourth-order valence-corrected chi connectivity index (χ4v) is 3.35. The standard InChI is InChI=1S/C19H25O6P/c1-19(13-4-14-25-26(20,21)22,15-5-9-17(23-2)10-6-15)16-7-11-18(24-3)12-8-16/h5-12H,4,13-14H2,1-3H3,(H2,20,21,22). The Balaban J connectivity index is 2.27. The Hall–Kier alpha value is -1.85. The molecule has 0 aliphatic carbocycles. The highest BCUT2D eigenvalue weighted by molar-refractivity contribution is 7.46. The van der Waals surface area contributed by atoms with Gasteiger partial charge in [0.25, 0.3) is 0 Å². The summed E-state index contributed by atoms with van der Waals surface area (Å²) in [4.78, 5) is 17.7. The van der Waals surface area contributed by atoms with Crippen LogP contribution in [-0.2, 0) is 14.5 Å². The van der Waals surface area contributed by atoms with E-state index in [0.717, 1.165) is 22.6 Å². The molecule has 26 heavy (non-hydrogen) atoms. The van der Waals surface area contributed by atoms with Crippen molar-refractivity contribution in [3.8, 4) is 11.5 Å². The Labute approximate surface area is 154 Å². The van der Waals surface area contributed by atoms with E-state index >= 15 is 0 Å². The molecule has 0 aliphatic heterocycles. The van der Waals surface area contributed by atoms with E-state index in [1.807, 2.05) is 48.5 Å². The molecular formula is C19H25O6P. The Morgan fingerprint density at radius 3 is 1.65 bits per heavy atom. The van der Waals surface area contributed by atoms with Crippen LogP contribution < -0.4 is 9.47 Å². The first kappa shape index (κ1) is 20.5. The number of ether oxygens (including phenoxy) is 2. The smallest absolute Gasteiger partial charge is 0.469 e. The van der Waals surface area contributed by atoms with Gasteiger partial charge in [0.15, 0.2) is 0 Å².